The summed E-state index contributed by atoms with van der Waals surface area (Å²) in [5, 5.41) is 0. The first kappa shape index (κ1) is 11.9. The number of nitrogen functional groups attached to an aromatic ring is 1. The van der Waals surface area contributed by atoms with Crippen LogP contribution in [0.15, 0.2) is 57.7 Å². The molecule has 94 valence electrons. The molecule has 2 N–H and O–H groups in total. The van der Waals surface area contributed by atoms with Crippen LogP contribution in [0.25, 0.3) is 22.8 Å². The average Bonchev–Trinajstić information content (AvgIpc) is 2.92. The van der Waals surface area contributed by atoms with Gasteiger partial charge >= 0.3 is 0 Å². The van der Waals surface area contributed by atoms with Crippen molar-refractivity contribution in [3.05, 3.63) is 53.3 Å². The molecule has 3 aromatic rings. The molecule has 5 heteroatoms. The second-order valence-electron chi connectivity index (χ2n) is 3.98. The molecule has 0 aliphatic rings. The summed E-state index contributed by atoms with van der Waals surface area (Å²) in [5.41, 5.74) is 7.49. The normalized spacial score (nSPS) is 10.6. The van der Waals surface area contributed by atoms with Crippen molar-refractivity contribution in [2.45, 2.75) is 0 Å². The molecule has 1 aromatic carbocycles. The molecule has 3 rings (SSSR count). The monoisotopic (exact) mass is 315 g/mol. The van der Waals surface area contributed by atoms with Crippen molar-refractivity contribution >= 4 is 21.7 Å². The molecule has 4 nitrogen and oxygen atoms in total. The highest BCUT2D eigenvalue weighted by Crippen LogP contribution is 2.29. The van der Waals surface area contributed by atoms with Gasteiger partial charge in [0.05, 0.1) is 11.8 Å². The molecule has 2 aromatic heterocycles. The quantitative estimate of drug-likeness (QED) is 0.782. The lowest BCUT2D eigenvalue weighted by molar-refractivity contribution is 0.589. The summed E-state index contributed by atoms with van der Waals surface area (Å²) >= 11 is 3.36. The maximum Gasteiger partial charge on any atom is 0.230 e. The van der Waals surface area contributed by atoms with Crippen LogP contribution in [0.4, 0.5) is 5.82 Å². The number of halogens is 1. The predicted octanol–water partition coefficient (Wildman–Crippen LogP) is 3.75. The van der Waals surface area contributed by atoms with E-state index >= 15 is 0 Å². The van der Waals surface area contributed by atoms with Gasteiger partial charge in [-0.15, -0.1) is 0 Å². The van der Waals surface area contributed by atoms with Crippen LogP contribution in [-0.2, 0) is 0 Å². The zero-order valence-electron chi connectivity index (χ0n) is 9.88. The Labute approximate surface area is 118 Å². The van der Waals surface area contributed by atoms with Gasteiger partial charge in [-0.25, -0.2) is 9.97 Å². The highest BCUT2D eigenvalue weighted by atomic mass is 79.9. The number of hydrogen-bond acceptors (Lipinski definition) is 4. The molecule has 2 heterocycles. The second kappa shape index (κ2) is 4.85. The molecule has 0 radical (unpaired) electrons. The summed E-state index contributed by atoms with van der Waals surface area (Å²) in [5.74, 6) is 1.56. The van der Waals surface area contributed by atoms with Crippen LogP contribution < -0.4 is 5.73 Å². The Balaban J connectivity index is 2.04. The lowest BCUT2D eigenvalue weighted by atomic mass is 10.2. The van der Waals surface area contributed by atoms with Gasteiger partial charge in [0.1, 0.15) is 5.82 Å². The number of pyridine rings is 1. The Morgan fingerprint density at radius 3 is 2.63 bits per heavy atom. The molecular formula is C14H10BrN3O. The molecule has 0 amide bonds. The number of anilines is 1. The van der Waals surface area contributed by atoms with Gasteiger partial charge in [-0.1, -0.05) is 30.3 Å². The van der Waals surface area contributed by atoms with Crippen LogP contribution in [0.3, 0.4) is 0 Å². The molecule has 0 aliphatic carbocycles. The molecule has 0 unspecified atom stereocenters. The van der Waals surface area contributed by atoms with Crippen molar-refractivity contribution in [1.82, 2.24) is 9.97 Å². The highest BCUT2D eigenvalue weighted by molar-refractivity contribution is 9.10. The minimum Gasteiger partial charge on any atom is -0.436 e. The third-order valence-electron chi connectivity index (χ3n) is 2.68. The number of nitrogens with two attached hydrogens (primary N) is 1. The zero-order chi connectivity index (χ0) is 13.2. The summed E-state index contributed by atoms with van der Waals surface area (Å²) in [6, 6.07) is 11.6. The lowest BCUT2D eigenvalue weighted by Gasteiger charge is -2.00. The Morgan fingerprint density at radius 1 is 1.05 bits per heavy atom. The van der Waals surface area contributed by atoms with Gasteiger partial charge in [0, 0.05) is 16.2 Å². The first-order valence-corrected chi connectivity index (χ1v) is 6.46. The molecule has 0 aliphatic heterocycles. The number of hydrogen-bond donors (Lipinski definition) is 1. The maximum absolute atomic E-state index is 5.84. The minimum atomic E-state index is 0.393. The molecule has 0 spiro atoms. The van der Waals surface area contributed by atoms with Crippen LogP contribution in [-0.4, -0.2) is 9.97 Å². The summed E-state index contributed by atoms with van der Waals surface area (Å²) in [6.07, 6.45) is 3.32. The molecule has 0 fully saturated rings. The highest BCUT2D eigenvalue weighted by Gasteiger charge is 2.12. The molecule has 0 atom stereocenters. The van der Waals surface area contributed by atoms with Gasteiger partial charge < -0.3 is 10.2 Å². The third-order valence-corrected chi connectivity index (χ3v) is 3.11. The lowest BCUT2D eigenvalue weighted by Crippen LogP contribution is -1.93. The van der Waals surface area contributed by atoms with E-state index < -0.39 is 0 Å². The fourth-order valence-corrected chi connectivity index (χ4v) is 2.09. The smallest absolute Gasteiger partial charge is 0.230 e. The van der Waals surface area contributed by atoms with E-state index in [1.54, 1.807) is 12.4 Å². The third kappa shape index (κ3) is 2.37. The average molecular weight is 316 g/mol. The van der Waals surface area contributed by atoms with Gasteiger partial charge in [-0.05, 0) is 22.0 Å². The Morgan fingerprint density at radius 2 is 1.84 bits per heavy atom. The van der Waals surface area contributed by atoms with E-state index in [9.17, 15) is 0 Å². The van der Waals surface area contributed by atoms with Crippen molar-refractivity contribution in [3.63, 3.8) is 0 Å². The van der Waals surface area contributed by atoms with Crippen molar-refractivity contribution in [1.29, 1.82) is 0 Å². The Hall–Kier alpha value is -2.14. The number of aromatic nitrogens is 2. The Bertz CT molecular complexity index is 710. The fourth-order valence-electron chi connectivity index (χ4n) is 1.76. The van der Waals surface area contributed by atoms with Crippen LogP contribution in [0, 0.1) is 0 Å². The molecule has 0 bridgehead atoms. The molecule has 0 saturated heterocycles. The van der Waals surface area contributed by atoms with Gasteiger partial charge in [-0.3, -0.25) is 0 Å². The number of nitrogens with zero attached hydrogens (tertiary/aromatic N) is 2. The predicted molar refractivity (Wildman–Crippen MR) is 77.3 cm³/mol. The summed E-state index contributed by atoms with van der Waals surface area (Å²) in [7, 11) is 0. The zero-order valence-corrected chi connectivity index (χ0v) is 11.5. The van der Waals surface area contributed by atoms with E-state index in [-0.39, 0.29) is 0 Å². The Kier molecular flexibility index (Phi) is 3.05. The largest absolute Gasteiger partial charge is 0.436 e. The first-order chi connectivity index (χ1) is 9.24. The fraction of sp³-hybridized carbons (Fsp3) is 0. The summed E-state index contributed by atoms with van der Waals surface area (Å²) in [6.45, 7) is 0. The molecule has 19 heavy (non-hydrogen) atoms. The van der Waals surface area contributed by atoms with Crippen molar-refractivity contribution < 1.29 is 4.42 Å². The van der Waals surface area contributed by atoms with Gasteiger partial charge in [0.15, 0.2) is 5.76 Å². The maximum atomic E-state index is 5.84. The summed E-state index contributed by atoms with van der Waals surface area (Å²) < 4.78 is 6.57. The SMILES string of the molecule is Nc1ncc(Br)cc1-c1ncc(-c2ccccc2)o1. The minimum absolute atomic E-state index is 0.393. The van der Waals surface area contributed by atoms with Crippen molar-refractivity contribution in [2.24, 2.45) is 0 Å². The number of oxazole rings is 1. The topological polar surface area (TPSA) is 64.9 Å². The van der Waals surface area contributed by atoms with E-state index in [0.717, 1.165) is 10.0 Å². The summed E-state index contributed by atoms with van der Waals surface area (Å²) in [4.78, 5) is 8.33. The van der Waals surface area contributed by atoms with E-state index in [4.69, 9.17) is 10.2 Å². The first-order valence-electron chi connectivity index (χ1n) is 5.66. The van der Waals surface area contributed by atoms with E-state index in [2.05, 4.69) is 25.9 Å². The van der Waals surface area contributed by atoms with E-state index in [1.807, 2.05) is 36.4 Å². The standard InChI is InChI=1S/C14H10BrN3O/c15-10-6-11(13(16)17-7-10)14-18-8-12(19-14)9-4-2-1-3-5-9/h1-8H,(H2,16,17). The second-order valence-corrected chi connectivity index (χ2v) is 4.90. The van der Waals surface area contributed by atoms with Crippen molar-refractivity contribution in [3.8, 4) is 22.8 Å². The molecular weight excluding hydrogens is 306 g/mol. The van der Waals surface area contributed by atoms with Gasteiger partial charge in [0.2, 0.25) is 5.89 Å². The number of benzene rings is 1. The van der Waals surface area contributed by atoms with Crippen molar-refractivity contribution in [2.75, 3.05) is 5.73 Å². The number of rotatable bonds is 2. The van der Waals surface area contributed by atoms with E-state index in [1.165, 1.54) is 0 Å². The van der Waals surface area contributed by atoms with E-state index in [0.29, 0.717) is 23.0 Å². The van der Waals surface area contributed by atoms with Crippen LogP contribution in [0.1, 0.15) is 0 Å². The van der Waals surface area contributed by atoms with Gasteiger partial charge in [0.25, 0.3) is 0 Å². The van der Waals surface area contributed by atoms with Crippen LogP contribution >= 0.6 is 15.9 Å². The van der Waals surface area contributed by atoms with Crippen LogP contribution in [0.5, 0.6) is 0 Å². The molecule has 0 saturated carbocycles. The van der Waals surface area contributed by atoms with Crippen LogP contribution in [0.2, 0.25) is 0 Å². The van der Waals surface area contributed by atoms with Gasteiger partial charge in [-0.2, -0.15) is 0 Å².